The Bertz CT molecular complexity index is 1120. The zero-order valence-electron chi connectivity index (χ0n) is 19.2. The first-order valence-corrected chi connectivity index (χ1v) is 13.4. The lowest BCUT2D eigenvalue weighted by atomic mass is 10.0. The Labute approximate surface area is 225 Å². The van der Waals surface area contributed by atoms with Gasteiger partial charge < -0.3 is 15.2 Å². The van der Waals surface area contributed by atoms with Gasteiger partial charge in [0.15, 0.2) is 0 Å². The fourth-order valence-electron chi connectivity index (χ4n) is 3.88. The number of halogens is 2. The van der Waals surface area contributed by atoms with Crippen molar-refractivity contribution in [2.75, 3.05) is 52.5 Å². The first kappa shape index (κ1) is 26.4. The van der Waals surface area contributed by atoms with Crippen LogP contribution in [0.5, 0.6) is 5.75 Å². The van der Waals surface area contributed by atoms with E-state index in [0.717, 1.165) is 55.3 Å². The number of morpholine rings is 1. The van der Waals surface area contributed by atoms with E-state index in [1.54, 1.807) is 17.0 Å². The summed E-state index contributed by atoms with van der Waals surface area (Å²) in [5, 5.41) is 1.09. The highest BCUT2D eigenvalue weighted by Crippen LogP contribution is 2.39. The Hall–Kier alpha value is -1.65. The molecule has 0 bridgehead atoms. The predicted molar refractivity (Wildman–Crippen MR) is 148 cm³/mol. The third-order valence-corrected chi connectivity index (χ3v) is 7.68. The summed E-state index contributed by atoms with van der Waals surface area (Å²) in [6.07, 6.45) is 2.56. The number of hydrogen-bond donors (Lipinski definition) is 1. The van der Waals surface area contributed by atoms with Gasteiger partial charge in [-0.3, -0.25) is 14.6 Å². The first-order valence-electron chi connectivity index (χ1n) is 11.4. The molecule has 0 spiro atoms. The van der Waals surface area contributed by atoms with E-state index in [-0.39, 0.29) is 5.91 Å². The second-order valence-electron chi connectivity index (χ2n) is 8.16. The van der Waals surface area contributed by atoms with Crippen LogP contribution < -0.4 is 10.5 Å². The number of rotatable bonds is 9. The van der Waals surface area contributed by atoms with Gasteiger partial charge in [0.05, 0.1) is 23.1 Å². The molecule has 0 unspecified atom stereocenters. The Morgan fingerprint density at radius 3 is 2.66 bits per heavy atom. The minimum Gasteiger partial charge on any atom is -0.492 e. The number of hydrogen-bond acceptors (Lipinski definition) is 7. The molecule has 0 aliphatic carbocycles. The van der Waals surface area contributed by atoms with E-state index < -0.39 is 0 Å². The Morgan fingerprint density at radius 2 is 1.91 bits per heavy atom. The number of nitrogens with zero attached hydrogens (tertiary/aromatic N) is 2. The van der Waals surface area contributed by atoms with Crippen molar-refractivity contribution in [3.63, 3.8) is 0 Å². The maximum atomic E-state index is 12.9. The zero-order chi connectivity index (χ0) is 24.8. The second kappa shape index (κ2) is 12.5. The molecule has 4 rings (SSSR count). The fraction of sp³-hybridized carbons (Fsp3) is 0.360. The molecule has 2 saturated heterocycles. The van der Waals surface area contributed by atoms with Crippen molar-refractivity contribution < 1.29 is 14.3 Å². The minimum absolute atomic E-state index is 0.0923. The smallest absolute Gasteiger partial charge is 0.266 e. The molecule has 2 aliphatic rings. The predicted octanol–water partition coefficient (Wildman–Crippen LogP) is 4.92. The SMILES string of the molecule is NCCCN1C(=O)/C(=C/c2ccc(OCCN3CCOCC3)c(-c3ccc(Cl)cc3Cl)c2)SC1=S. The monoisotopic (exact) mass is 551 g/mol. The molecule has 2 aromatic rings. The minimum atomic E-state index is -0.0923. The molecule has 0 radical (unpaired) electrons. The lowest BCUT2D eigenvalue weighted by Gasteiger charge is -2.26. The molecule has 2 aliphatic heterocycles. The molecule has 0 atom stereocenters. The van der Waals surface area contributed by atoms with Crippen molar-refractivity contribution in [3.8, 4) is 16.9 Å². The van der Waals surface area contributed by atoms with Crippen molar-refractivity contribution in [2.45, 2.75) is 6.42 Å². The van der Waals surface area contributed by atoms with Crippen molar-refractivity contribution in [2.24, 2.45) is 5.73 Å². The number of carbonyl (C=O) groups is 1. The van der Waals surface area contributed by atoms with Crippen molar-refractivity contribution in [1.29, 1.82) is 0 Å². The van der Waals surface area contributed by atoms with Crippen LogP contribution in [0, 0.1) is 0 Å². The van der Waals surface area contributed by atoms with Gasteiger partial charge in [-0.2, -0.15) is 0 Å². The van der Waals surface area contributed by atoms with Crippen LogP contribution in [0.2, 0.25) is 10.0 Å². The summed E-state index contributed by atoms with van der Waals surface area (Å²) >= 11 is 19.4. The van der Waals surface area contributed by atoms with Crippen LogP contribution >= 0.6 is 47.2 Å². The van der Waals surface area contributed by atoms with Crippen molar-refractivity contribution in [1.82, 2.24) is 9.80 Å². The van der Waals surface area contributed by atoms with Crippen LogP contribution in [0.4, 0.5) is 0 Å². The average molecular weight is 553 g/mol. The number of benzene rings is 2. The van der Waals surface area contributed by atoms with Crippen LogP contribution in [0.15, 0.2) is 41.3 Å². The van der Waals surface area contributed by atoms with E-state index in [0.29, 0.717) is 45.4 Å². The van der Waals surface area contributed by atoms with E-state index in [9.17, 15) is 4.79 Å². The maximum Gasteiger partial charge on any atom is 0.266 e. The van der Waals surface area contributed by atoms with Gasteiger partial charge in [-0.25, -0.2) is 0 Å². The maximum absolute atomic E-state index is 12.9. The number of carbonyl (C=O) groups excluding carboxylic acids is 1. The number of thioether (sulfide) groups is 1. The Kier molecular flexibility index (Phi) is 9.46. The zero-order valence-corrected chi connectivity index (χ0v) is 22.3. The summed E-state index contributed by atoms with van der Waals surface area (Å²) in [6.45, 7) is 5.69. The first-order chi connectivity index (χ1) is 17.0. The molecule has 6 nitrogen and oxygen atoms in total. The van der Waals surface area contributed by atoms with E-state index in [1.807, 2.05) is 30.3 Å². The summed E-state index contributed by atoms with van der Waals surface area (Å²) in [4.78, 5) is 17.4. The van der Waals surface area contributed by atoms with Crippen LogP contribution in [0.3, 0.4) is 0 Å². The van der Waals surface area contributed by atoms with Crippen molar-refractivity contribution >= 4 is 63.5 Å². The molecule has 2 heterocycles. The summed E-state index contributed by atoms with van der Waals surface area (Å²) in [7, 11) is 0. The van der Waals surface area contributed by atoms with Crippen LogP contribution in [0.25, 0.3) is 17.2 Å². The Balaban J connectivity index is 1.59. The van der Waals surface area contributed by atoms with Gasteiger partial charge in [0.2, 0.25) is 0 Å². The summed E-state index contributed by atoms with van der Waals surface area (Å²) < 4.78 is 12.2. The standard InChI is InChI=1S/C25H27Cl2N3O3S2/c26-18-3-4-19(21(27)16-18)20-14-17(15-23-24(31)30(7-1-6-28)25(34)35-23)2-5-22(20)33-13-10-29-8-11-32-12-9-29/h2-5,14-16H,1,6-13,28H2/b23-15-. The molecule has 0 aromatic heterocycles. The van der Waals surface area contributed by atoms with Gasteiger partial charge in [-0.15, -0.1) is 0 Å². The summed E-state index contributed by atoms with van der Waals surface area (Å²) in [5.41, 5.74) is 8.09. The molecule has 10 heteroatoms. The van der Waals surface area contributed by atoms with Crippen LogP contribution in [-0.4, -0.2) is 72.6 Å². The number of nitrogens with two attached hydrogens (primary N) is 1. The normalized spacial score (nSPS) is 18.0. The molecule has 2 fully saturated rings. The molecule has 2 aromatic carbocycles. The van der Waals surface area contributed by atoms with Gasteiger partial charge in [-0.05, 0) is 48.9 Å². The van der Waals surface area contributed by atoms with E-state index in [4.69, 9.17) is 50.6 Å². The average Bonchev–Trinajstić information content (AvgIpc) is 3.11. The lowest BCUT2D eigenvalue weighted by molar-refractivity contribution is -0.122. The molecule has 35 heavy (non-hydrogen) atoms. The van der Waals surface area contributed by atoms with Crippen molar-refractivity contribution in [3.05, 3.63) is 56.9 Å². The quantitative estimate of drug-likeness (QED) is 0.350. The van der Waals surface area contributed by atoms with Crippen LogP contribution in [-0.2, 0) is 9.53 Å². The number of ether oxygens (including phenoxy) is 2. The van der Waals surface area contributed by atoms with Gasteiger partial charge in [0.1, 0.15) is 16.7 Å². The Morgan fingerprint density at radius 1 is 1.11 bits per heavy atom. The van der Waals surface area contributed by atoms with Gasteiger partial charge >= 0.3 is 0 Å². The highest BCUT2D eigenvalue weighted by Gasteiger charge is 2.31. The molecule has 1 amide bonds. The second-order valence-corrected chi connectivity index (χ2v) is 10.7. The third-order valence-electron chi connectivity index (χ3n) is 5.75. The lowest BCUT2D eigenvalue weighted by Crippen LogP contribution is -2.38. The van der Waals surface area contributed by atoms with E-state index in [2.05, 4.69) is 4.90 Å². The van der Waals surface area contributed by atoms with Gasteiger partial charge in [-0.1, -0.05) is 59.3 Å². The third kappa shape index (κ3) is 6.77. The highest BCUT2D eigenvalue weighted by molar-refractivity contribution is 8.26. The molecule has 0 saturated carbocycles. The van der Waals surface area contributed by atoms with Crippen LogP contribution in [0.1, 0.15) is 12.0 Å². The fourth-order valence-corrected chi connectivity index (χ4v) is 5.70. The van der Waals surface area contributed by atoms with E-state index >= 15 is 0 Å². The highest BCUT2D eigenvalue weighted by atomic mass is 35.5. The summed E-state index contributed by atoms with van der Waals surface area (Å²) in [5.74, 6) is 0.625. The molecule has 2 N–H and O–H groups in total. The number of amides is 1. The number of thiocarbonyl (C=S) groups is 1. The van der Waals surface area contributed by atoms with Gasteiger partial charge in [0, 0.05) is 42.3 Å². The topological polar surface area (TPSA) is 68.0 Å². The van der Waals surface area contributed by atoms with Gasteiger partial charge in [0.25, 0.3) is 5.91 Å². The summed E-state index contributed by atoms with van der Waals surface area (Å²) in [6, 6.07) is 11.2. The largest absolute Gasteiger partial charge is 0.492 e. The van der Waals surface area contributed by atoms with E-state index in [1.165, 1.54) is 11.8 Å². The molecule has 186 valence electrons. The molecular weight excluding hydrogens is 525 g/mol. The molecular formula is C25H27Cl2N3O3S2.